The first-order valence-electron chi connectivity index (χ1n) is 9.90. The zero-order valence-electron chi connectivity index (χ0n) is 16.3. The van der Waals surface area contributed by atoms with E-state index in [1.165, 1.54) is 18.4 Å². The van der Waals surface area contributed by atoms with Gasteiger partial charge in [0.25, 0.3) is 0 Å². The Morgan fingerprint density at radius 1 is 1.18 bits per heavy atom. The van der Waals surface area contributed by atoms with E-state index in [2.05, 4.69) is 33.9 Å². The molecule has 7 heteroatoms. The van der Waals surface area contributed by atoms with Crippen LogP contribution in [-0.4, -0.2) is 31.3 Å². The fraction of sp³-hybridized carbons (Fsp3) is 0.429. The highest BCUT2D eigenvalue weighted by Gasteiger charge is 2.19. The molecule has 6 nitrogen and oxygen atoms in total. The average molecular weight is 397 g/mol. The van der Waals surface area contributed by atoms with Gasteiger partial charge in [0.15, 0.2) is 5.82 Å². The molecule has 0 saturated carbocycles. The van der Waals surface area contributed by atoms with Gasteiger partial charge < -0.3 is 9.88 Å². The number of hydrogen-bond donors (Lipinski definition) is 1. The SMILES string of the molecule is CC(C)n1cnnc1CCNc1nc(-c2cccc(Cl)c2)nc2c1CCCC2. The van der Waals surface area contributed by atoms with Gasteiger partial charge in [0.05, 0.1) is 0 Å². The van der Waals surface area contributed by atoms with Gasteiger partial charge in [0.2, 0.25) is 0 Å². The van der Waals surface area contributed by atoms with Crippen LogP contribution in [0.3, 0.4) is 0 Å². The molecule has 1 aliphatic carbocycles. The molecule has 0 unspecified atom stereocenters. The molecule has 0 amide bonds. The quantitative estimate of drug-likeness (QED) is 0.664. The number of benzene rings is 1. The van der Waals surface area contributed by atoms with Gasteiger partial charge >= 0.3 is 0 Å². The molecule has 0 saturated heterocycles. The lowest BCUT2D eigenvalue weighted by Gasteiger charge is -2.20. The Morgan fingerprint density at radius 3 is 2.86 bits per heavy atom. The molecule has 0 fully saturated rings. The summed E-state index contributed by atoms with van der Waals surface area (Å²) in [6.07, 6.45) is 6.98. The lowest BCUT2D eigenvalue weighted by molar-refractivity contribution is 0.568. The number of aryl methyl sites for hydroxylation is 1. The van der Waals surface area contributed by atoms with E-state index in [-0.39, 0.29) is 0 Å². The highest BCUT2D eigenvalue weighted by atomic mass is 35.5. The first-order chi connectivity index (χ1) is 13.6. The summed E-state index contributed by atoms with van der Waals surface area (Å²) >= 11 is 6.17. The van der Waals surface area contributed by atoms with Gasteiger partial charge in [-0.05, 0) is 51.7 Å². The molecular formula is C21H25ClN6. The molecule has 2 aromatic heterocycles. The van der Waals surface area contributed by atoms with Crippen molar-refractivity contribution in [1.82, 2.24) is 24.7 Å². The van der Waals surface area contributed by atoms with Gasteiger partial charge in [-0.2, -0.15) is 0 Å². The number of halogens is 1. The van der Waals surface area contributed by atoms with Crippen LogP contribution in [0.1, 0.15) is 49.8 Å². The van der Waals surface area contributed by atoms with E-state index in [0.717, 1.165) is 54.5 Å². The predicted octanol–water partition coefficient (Wildman–Crippen LogP) is 4.50. The minimum absolute atomic E-state index is 0.353. The summed E-state index contributed by atoms with van der Waals surface area (Å²) in [5.74, 6) is 2.66. The Labute approximate surface area is 170 Å². The van der Waals surface area contributed by atoms with Crippen LogP contribution in [0.5, 0.6) is 0 Å². The van der Waals surface area contributed by atoms with Crippen molar-refractivity contribution in [2.24, 2.45) is 0 Å². The van der Waals surface area contributed by atoms with E-state index in [4.69, 9.17) is 21.6 Å². The minimum atomic E-state index is 0.353. The maximum atomic E-state index is 6.17. The third-order valence-corrected chi connectivity index (χ3v) is 5.35. The van der Waals surface area contributed by atoms with Crippen molar-refractivity contribution in [2.75, 3.05) is 11.9 Å². The Bertz CT molecular complexity index is 965. The van der Waals surface area contributed by atoms with Gasteiger partial charge in [-0.15, -0.1) is 10.2 Å². The summed E-state index contributed by atoms with van der Waals surface area (Å²) in [4.78, 5) is 9.69. The van der Waals surface area contributed by atoms with Crippen molar-refractivity contribution >= 4 is 17.4 Å². The topological polar surface area (TPSA) is 68.5 Å². The number of fused-ring (bicyclic) bond motifs is 1. The highest BCUT2D eigenvalue weighted by molar-refractivity contribution is 6.30. The zero-order valence-corrected chi connectivity index (χ0v) is 17.1. The van der Waals surface area contributed by atoms with Crippen LogP contribution in [0.25, 0.3) is 11.4 Å². The lowest BCUT2D eigenvalue weighted by atomic mass is 9.96. The zero-order chi connectivity index (χ0) is 19.5. The molecule has 0 radical (unpaired) electrons. The highest BCUT2D eigenvalue weighted by Crippen LogP contribution is 2.29. The molecule has 1 aliphatic rings. The van der Waals surface area contributed by atoms with E-state index in [9.17, 15) is 0 Å². The normalized spacial score (nSPS) is 13.6. The summed E-state index contributed by atoms with van der Waals surface area (Å²) in [7, 11) is 0. The Hall–Kier alpha value is -2.47. The second-order valence-electron chi connectivity index (χ2n) is 7.46. The Kier molecular flexibility index (Phi) is 5.57. The van der Waals surface area contributed by atoms with Gasteiger partial charge in [0.1, 0.15) is 18.0 Å². The fourth-order valence-corrected chi connectivity index (χ4v) is 3.86. The number of rotatable bonds is 6. The summed E-state index contributed by atoms with van der Waals surface area (Å²) in [6.45, 7) is 5.03. The Balaban J connectivity index is 1.58. The van der Waals surface area contributed by atoms with Crippen molar-refractivity contribution < 1.29 is 0 Å². The predicted molar refractivity (Wildman–Crippen MR) is 112 cm³/mol. The molecular weight excluding hydrogens is 372 g/mol. The van der Waals surface area contributed by atoms with Crippen LogP contribution >= 0.6 is 11.6 Å². The molecule has 3 aromatic rings. The van der Waals surface area contributed by atoms with Crippen molar-refractivity contribution in [3.8, 4) is 11.4 Å². The van der Waals surface area contributed by atoms with Crippen LogP contribution in [0, 0.1) is 0 Å². The standard InChI is InChI=1S/C21H25ClN6/c1-14(2)28-13-24-27-19(28)10-11-23-21-17-8-3-4-9-18(17)25-20(26-21)15-6-5-7-16(22)12-15/h5-7,12-14H,3-4,8-11H2,1-2H3,(H,23,25,26). The van der Waals surface area contributed by atoms with E-state index in [1.54, 1.807) is 6.33 Å². The molecule has 1 N–H and O–H groups in total. The van der Waals surface area contributed by atoms with E-state index in [0.29, 0.717) is 11.1 Å². The van der Waals surface area contributed by atoms with E-state index < -0.39 is 0 Å². The fourth-order valence-electron chi connectivity index (χ4n) is 3.67. The molecule has 2 heterocycles. The summed E-state index contributed by atoms with van der Waals surface area (Å²) in [5.41, 5.74) is 3.36. The first-order valence-corrected chi connectivity index (χ1v) is 10.3. The number of aromatic nitrogens is 5. The van der Waals surface area contributed by atoms with Crippen LogP contribution in [-0.2, 0) is 19.3 Å². The number of hydrogen-bond acceptors (Lipinski definition) is 5. The maximum absolute atomic E-state index is 6.17. The van der Waals surface area contributed by atoms with E-state index in [1.807, 2.05) is 24.3 Å². The molecule has 0 spiro atoms. The molecule has 0 atom stereocenters. The van der Waals surface area contributed by atoms with Crippen molar-refractivity contribution in [3.63, 3.8) is 0 Å². The molecule has 146 valence electrons. The van der Waals surface area contributed by atoms with Gasteiger partial charge in [-0.3, -0.25) is 0 Å². The minimum Gasteiger partial charge on any atom is -0.369 e. The molecule has 4 rings (SSSR count). The van der Waals surface area contributed by atoms with Crippen molar-refractivity contribution in [3.05, 3.63) is 52.7 Å². The third-order valence-electron chi connectivity index (χ3n) is 5.11. The van der Waals surface area contributed by atoms with Gasteiger partial charge in [0, 0.05) is 40.9 Å². The lowest BCUT2D eigenvalue weighted by Crippen LogP contribution is -2.16. The summed E-state index contributed by atoms with van der Waals surface area (Å²) < 4.78 is 2.11. The summed E-state index contributed by atoms with van der Waals surface area (Å²) in [5, 5.41) is 12.5. The average Bonchev–Trinajstić information content (AvgIpc) is 3.17. The van der Waals surface area contributed by atoms with Crippen LogP contribution in [0.15, 0.2) is 30.6 Å². The van der Waals surface area contributed by atoms with Gasteiger partial charge in [-0.1, -0.05) is 23.7 Å². The van der Waals surface area contributed by atoms with Crippen LogP contribution in [0.2, 0.25) is 5.02 Å². The van der Waals surface area contributed by atoms with Crippen LogP contribution < -0.4 is 5.32 Å². The first kappa shape index (κ1) is 18.9. The van der Waals surface area contributed by atoms with Crippen molar-refractivity contribution in [2.45, 2.75) is 52.0 Å². The number of nitrogens with zero attached hydrogens (tertiary/aromatic N) is 5. The number of anilines is 1. The molecule has 0 aliphatic heterocycles. The van der Waals surface area contributed by atoms with Crippen molar-refractivity contribution in [1.29, 1.82) is 0 Å². The van der Waals surface area contributed by atoms with Crippen LogP contribution in [0.4, 0.5) is 5.82 Å². The maximum Gasteiger partial charge on any atom is 0.161 e. The second kappa shape index (κ2) is 8.27. The summed E-state index contributed by atoms with van der Waals surface area (Å²) in [6, 6.07) is 8.08. The molecule has 28 heavy (non-hydrogen) atoms. The third kappa shape index (κ3) is 4.02. The second-order valence-corrected chi connectivity index (χ2v) is 7.90. The monoisotopic (exact) mass is 396 g/mol. The Morgan fingerprint density at radius 2 is 2.04 bits per heavy atom. The largest absolute Gasteiger partial charge is 0.369 e. The molecule has 0 bridgehead atoms. The number of nitrogens with one attached hydrogen (secondary N) is 1. The van der Waals surface area contributed by atoms with Gasteiger partial charge in [-0.25, -0.2) is 9.97 Å². The molecule has 1 aromatic carbocycles. The van der Waals surface area contributed by atoms with E-state index >= 15 is 0 Å². The smallest absolute Gasteiger partial charge is 0.161 e.